The average molecular weight is 280 g/mol. The van der Waals surface area contributed by atoms with Gasteiger partial charge in [0.15, 0.2) is 0 Å². The third-order valence-electron chi connectivity index (χ3n) is 3.45. The van der Waals surface area contributed by atoms with Gasteiger partial charge in [-0.3, -0.25) is 9.59 Å². The number of aliphatic carboxylic acids is 2. The van der Waals surface area contributed by atoms with E-state index in [0.29, 0.717) is 0 Å². The van der Waals surface area contributed by atoms with Gasteiger partial charge in [-0.25, -0.2) is 0 Å². The average Bonchev–Trinajstić information content (AvgIpc) is 2.32. The topological polar surface area (TPSA) is 74.6 Å². The fraction of sp³-hybridized carbons (Fsp3) is 0.867. The standard InChI is InChI=1S/C12H25.C3H4O4.Li/c1-5-6-7-8-9-10-12(4)11(2)3;4-2(5)1-3(6)7;/h11-12H,4-10H2,1-3H3;1H2,(H,4,5)(H,6,7);. The molecule has 0 amide bonds. The Morgan fingerprint density at radius 1 is 1.00 bits per heavy atom. The van der Waals surface area contributed by atoms with Crippen molar-refractivity contribution in [3.63, 3.8) is 0 Å². The van der Waals surface area contributed by atoms with Crippen molar-refractivity contribution in [3.05, 3.63) is 0 Å². The first-order chi connectivity index (χ1) is 9.34. The Bertz CT molecular complexity index is 242. The van der Waals surface area contributed by atoms with E-state index in [1.54, 1.807) is 0 Å². The molecule has 0 aromatic rings. The molecule has 5 heteroatoms. The summed E-state index contributed by atoms with van der Waals surface area (Å²) in [4.78, 5) is 18.9. The fourth-order valence-corrected chi connectivity index (χ4v) is 2.15. The zero-order chi connectivity index (χ0) is 16.0. The molecule has 0 spiro atoms. The van der Waals surface area contributed by atoms with Gasteiger partial charge in [0.2, 0.25) is 0 Å². The van der Waals surface area contributed by atoms with Crippen LogP contribution in [0.3, 0.4) is 0 Å². The number of hydrogen-bond donors (Lipinski definition) is 2. The van der Waals surface area contributed by atoms with Gasteiger partial charge < -0.3 is 10.2 Å². The second-order valence-corrected chi connectivity index (χ2v) is 5.58. The van der Waals surface area contributed by atoms with Gasteiger partial charge in [0.1, 0.15) is 6.42 Å². The fourth-order valence-electron chi connectivity index (χ4n) is 2.15. The molecule has 2 N–H and O–H groups in total. The molecule has 114 valence electrons. The van der Waals surface area contributed by atoms with Crippen molar-refractivity contribution in [3.8, 4) is 0 Å². The molecule has 0 aromatic carbocycles. The molecule has 0 aliphatic carbocycles. The van der Waals surface area contributed by atoms with Crippen molar-refractivity contribution in [2.45, 2.75) is 70.8 Å². The van der Waals surface area contributed by atoms with Gasteiger partial charge in [-0.2, -0.15) is 0 Å². The molecular formula is C15H29LiO4. The van der Waals surface area contributed by atoms with E-state index in [9.17, 15) is 9.59 Å². The second-order valence-electron chi connectivity index (χ2n) is 5.58. The first-order valence-corrected chi connectivity index (χ1v) is 7.78. The number of carboxylic acids is 2. The van der Waals surface area contributed by atoms with Gasteiger partial charge >= 0.3 is 106 Å². The van der Waals surface area contributed by atoms with Crippen LogP contribution in [0.25, 0.3) is 0 Å². The van der Waals surface area contributed by atoms with Crippen LogP contribution in [0.1, 0.15) is 65.7 Å². The van der Waals surface area contributed by atoms with E-state index in [1.807, 2.05) is 0 Å². The Kier molecular flexibility index (Phi) is 16.3. The van der Waals surface area contributed by atoms with Crippen LogP contribution in [0.2, 0.25) is 5.09 Å². The van der Waals surface area contributed by atoms with Crippen molar-refractivity contribution < 1.29 is 19.8 Å². The van der Waals surface area contributed by atoms with Crippen LogP contribution in [0.15, 0.2) is 0 Å². The number of hydrogen-bond acceptors (Lipinski definition) is 2. The van der Waals surface area contributed by atoms with Crippen molar-refractivity contribution in [1.82, 2.24) is 0 Å². The van der Waals surface area contributed by atoms with Crippen LogP contribution in [0.4, 0.5) is 0 Å². The molecular weight excluding hydrogens is 251 g/mol. The predicted octanol–water partition coefficient (Wildman–Crippen LogP) is 3.75. The Balaban J connectivity index is 0. The van der Waals surface area contributed by atoms with Crippen molar-refractivity contribution in [1.29, 1.82) is 0 Å². The van der Waals surface area contributed by atoms with E-state index in [-0.39, 0.29) is 0 Å². The van der Waals surface area contributed by atoms with Crippen molar-refractivity contribution in [2.75, 3.05) is 0 Å². The van der Waals surface area contributed by atoms with E-state index >= 15 is 0 Å². The third-order valence-corrected chi connectivity index (χ3v) is 3.45. The van der Waals surface area contributed by atoms with Gasteiger partial charge in [-0.15, -0.1) is 0 Å². The Hall–Kier alpha value is -0.463. The van der Waals surface area contributed by atoms with Gasteiger partial charge in [-0.1, -0.05) is 0 Å². The molecule has 4 nitrogen and oxygen atoms in total. The van der Waals surface area contributed by atoms with Gasteiger partial charge in [0.25, 0.3) is 0 Å². The number of carboxylic acid groups (broad SMARTS) is 2. The summed E-state index contributed by atoms with van der Waals surface area (Å²) in [6, 6.07) is 0. The van der Waals surface area contributed by atoms with E-state index in [1.165, 1.54) is 43.6 Å². The second kappa shape index (κ2) is 14.9. The van der Waals surface area contributed by atoms with Gasteiger partial charge in [-0.05, 0) is 0 Å². The molecule has 0 aliphatic heterocycles. The molecule has 0 rings (SSSR count). The number of carbonyl (C=O) groups is 2. The summed E-state index contributed by atoms with van der Waals surface area (Å²) < 4.78 is 0. The Labute approximate surface area is 132 Å². The minimum atomic E-state index is -1.31. The minimum absolute atomic E-state index is 0.806. The zero-order valence-corrected chi connectivity index (χ0v) is 13.5. The molecule has 0 heterocycles. The van der Waals surface area contributed by atoms with E-state index < -0.39 is 18.4 Å². The van der Waals surface area contributed by atoms with Gasteiger partial charge in [0.05, 0.1) is 0 Å². The predicted molar refractivity (Wildman–Crippen MR) is 82.2 cm³/mol. The number of rotatable bonds is 10. The SMILES string of the molecule is O=C(O)CC(=O)O.[Li][CH2]C(CCCCCCC)C(C)C. The monoisotopic (exact) mass is 280 g/mol. The normalized spacial score (nSPS) is 11.7. The molecule has 0 saturated carbocycles. The summed E-state index contributed by atoms with van der Waals surface area (Å²) in [6.07, 6.45) is 7.80. The van der Waals surface area contributed by atoms with E-state index in [2.05, 4.69) is 38.5 Å². The van der Waals surface area contributed by atoms with Crippen molar-refractivity contribution >= 4 is 29.7 Å². The van der Waals surface area contributed by atoms with Crippen LogP contribution in [0, 0.1) is 11.8 Å². The molecule has 1 unspecified atom stereocenters. The van der Waals surface area contributed by atoms with Crippen LogP contribution in [0.5, 0.6) is 0 Å². The van der Waals surface area contributed by atoms with Crippen LogP contribution < -0.4 is 0 Å². The maximum absolute atomic E-state index is 9.43. The summed E-state index contributed by atoms with van der Waals surface area (Å²) in [5.41, 5.74) is 0. The van der Waals surface area contributed by atoms with E-state index in [0.717, 1.165) is 11.8 Å². The summed E-state index contributed by atoms with van der Waals surface area (Å²) in [7, 11) is 0. The number of unbranched alkanes of at least 4 members (excludes halogenated alkanes) is 4. The first-order valence-electron chi connectivity index (χ1n) is 7.78. The van der Waals surface area contributed by atoms with Crippen LogP contribution >= 0.6 is 0 Å². The molecule has 0 saturated heterocycles. The summed E-state index contributed by atoms with van der Waals surface area (Å²) in [5.74, 6) is -0.766. The van der Waals surface area contributed by atoms with Crippen molar-refractivity contribution in [2.24, 2.45) is 11.8 Å². The first kappa shape index (κ1) is 21.8. The van der Waals surface area contributed by atoms with Crippen LogP contribution in [-0.2, 0) is 9.59 Å². The molecule has 0 radical (unpaired) electrons. The molecule has 20 heavy (non-hydrogen) atoms. The maximum atomic E-state index is 9.43. The molecule has 0 fully saturated rings. The quantitative estimate of drug-likeness (QED) is 0.363. The summed E-state index contributed by atoms with van der Waals surface area (Å²) in [5, 5.41) is 16.8. The van der Waals surface area contributed by atoms with Gasteiger partial charge in [0, 0.05) is 0 Å². The molecule has 1 atom stereocenters. The zero-order valence-electron chi connectivity index (χ0n) is 13.5. The Morgan fingerprint density at radius 2 is 1.50 bits per heavy atom. The summed E-state index contributed by atoms with van der Waals surface area (Å²) >= 11 is 2.33. The molecule has 0 aliphatic rings. The third kappa shape index (κ3) is 17.5. The molecule has 0 aromatic heterocycles. The molecule has 0 bridgehead atoms. The Morgan fingerprint density at radius 3 is 1.80 bits per heavy atom. The van der Waals surface area contributed by atoms with E-state index in [4.69, 9.17) is 10.2 Å². The summed E-state index contributed by atoms with van der Waals surface area (Å²) in [6.45, 7) is 7.00. The van der Waals surface area contributed by atoms with Crippen LogP contribution in [-0.4, -0.2) is 39.9 Å².